The van der Waals surface area contributed by atoms with Crippen LogP contribution >= 0.6 is 0 Å². The zero-order valence-corrected chi connectivity index (χ0v) is 13.2. The quantitative estimate of drug-likeness (QED) is 0.797. The van der Waals surface area contributed by atoms with Crippen LogP contribution in [-0.2, 0) is 16.1 Å². The van der Waals surface area contributed by atoms with Crippen LogP contribution in [0.25, 0.3) is 0 Å². The molecule has 7 heteroatoms. The second-order valence-corrected chi connectivity index (χ2v) is 6.38. The predicted molar refractivity (Wildman–Crippen MR) is 81.2 cm³/mol. The van der Waals surface area contributed by atoms with E-state index in [0.717, 1.165) is 39.1 Å². The number of likely N-dealkylation sites (tertiary alicyclic amines) is 1. The molecule has 122 valence electrons. The minimum absolute atomic E-state index is 0.152. The van der Waals surface area contributed by atoms with E-state index in [1.54, 1.807) is 12.7 Å². The Morgan fingerprint density at radius 1 is 1.36 bits per heavy atom. The van der Waals surface area contributed by atoms with E-state index in [4.69, 9.17) is 4.74 Å². The Hall–Kier alpha value is -1.47. The lowest BCUT2D eigenvalue weighted by atomic mass is 9.98. The SMILES string of the molecule is CC1CN(C(=O)CN2CCCC(Cn3cncn3)C2)CCO1. The Bertz CT molecular complexity index is 478. The van der Waals surface area contributed by atoms with Crippen molar-refractivity contribution in [2.75, 3.05) is 39.3 Å². The standard InChI is InChI=1S/C15H25N5O2/c1-13-7-19(5-6-22-13)15(21)10-18-4-2-3-14(8-18)9-20-12-16-11-17-20/h11-14H,2-10H2,1H3. The Labute approximate surface area is 131 Å². The minimum Gasteiger partial charge on any atom is -0.375 e. The van der Waals surface area contributed by atoms with E-state index in [0.29, 0.717) is 19.1 Å². The maximum absolute atomic E-state index is 12.4. The molecule has 2 aliphatic rings. The Balaban J connectivity index is 1.48. The molecule has 2 fully saturated rings. The van der Waals surface area contributed by atoms with Crippen molar-refractivity contribution in [2.45, 2.75) is 32.4 Å². The van der Waals surface area contributed by atoms with Crippen LogP contribution < -0.4 is 0 Å². The first-order valence-corrected chi connectivity index (χ1v) is 8.15. The van der Waals surface area contributed by atoms with Gasteiger partial charge in [0.15, 0.2) is 0 Å². The summed E-state index contributed by atoms with van der Waals surface area (Å²) in [7, 11) is 0. The highest BCUT2D eigenvalue weighted by Gasteiger charge is 2.26. The lowest BCUT2D eigenvalue weighted by Crippen LogP contribution is -2.49. The monoisotopic (exact) mass is 307 g/mol. The zero-order valence-electron chi connectivity index (χ0n) is 13.2. The van der Waals surface area contributed by atoms with Gasteiger partial charge in [0.25, 0.3) is 0 Å². The van der Waals surface area contributed by atoms with Crippen LogP contribution in [0, 0.1) is 5.92 Å². The van der Waals surface area contributed by atoms with Gasteiger partial charge in [0.1, 0.15) is 12.7 Å². The number of morpholine rings is 1. The highest BCUT2D eigenvalue weighted by molar-refractivity contribution is 5.78. The number of rotatable bonds is 4. The van der Waals surface area contributed by atoms with Gasteiger partial charge in [-0.15, -0.1) is 0 Å². The van der Waals surface area contributed by atoms with Gasteiger partial charge in [-0.05, 0) is 32.2 Å². The van der Waals surface area contributed by atoms with Crippen LogP contribution in [0.5, 0.6) is 0 Å². The van der Waals surface area contributed by atoms with Crippen molar-refractivity contribution in [2.24, 2.45) is 5.92 Å². The number of nitrogens with zero attached hydrogens (tertiary/aromatic N) is 5. The Morgan fingerprint density at radius 3 is 3.05 bits per heavy atom. The molecule has 2 unspecified atom stereocenters. The third-order valence-corrected chi connectivity index (χ3v) is 4.47. The van der Waals surface area contributed by atoms with Crippen LogP contribution in [0.3, 0.4) is 0 Å². The summed E-state index contributed by atoms with van der Waals surface area (Å²) in [6, 6.07) is 0. The largest absolute Gasteiger partial charge is 0.375 e. The van der Waals surface area contributed by atoms with E-state index in [9.17, 15) is 4.79 Å². The smallest absolute Gasteiger partial charge is 0.236 e. The molecule has 1 amide bonds. The van der Waals surface area contributed by atoms with Crippen molar-refractivity contribution in [3.8, 4) is 0 Å². The second-order valence-electron chi connectivity index (χ2n) is 6.38. The highest BCUT2D eigenvalue weighted by Crippen LogP contribution is 2.18. The summed E-state index contributed by atoms with van der Waals surface area (Å²) in [5, 5.41) is 4.18. The summed E-state index contributed by atoms with van der Waals surface area (Å²) in [6.07, 6.45) is 5.83. The van der Waals surface area contributed by atoms with Crippen molar-refractivity contribution in [1.29, 1.82) is 0 Å². The van der Waals surface area contributed by atoms with Crippen LogP contribution in [0.2, 0.25) is 0 Å². The van der Waals surface area contributed by atoms with E-state index in [1.165, 1.54) is 6.42 Å². The topological polar surface area (TPSA) is 63.5 Å². The molecule has 0 aliphatic carbocycles. The van der Waals surface area contributed by atoms with Gasteiger partial charge in [-0.2, -0.15) is 5.10 Å². The number of ether oxygens (including phenoxy) is 1. The average molecular weight is 307 g/mol. The average Bonchev–Trinajstić information content (AvgIpc) is 3.00. The van der Waals surface area contributed by atoms with Crippen molar-refractivity contribution < 1.29 is 9.53 Å². The number of hydrogen-bond donors (Lipinski definition) is 0. The first kappa shape index (κ1) is 15.4. The first-order chi connectivity index (χ1) is 10.7. The van der Waals surface area contributed by atoms with Gasteiger partial charge in [-0.25, -0.2) is 4.98 Å². The molecule has 1 aromatic rings. The fraction of sp³-hybridized carbons (Fsp3) is 0.800. The molecule has 0 spiro atoms. The predicted octanol–water partition coefficient (Wildman–Crippen LogP) is 0.237. The third kappa shape index (κ3) is 4.04. The van der Waals surface area contributed by atoms with Crippen molar-refractivity contribution in [3.63, 3.8) is 0 Å². The molecular formula is C15H25N5O2. The third-order valence-electron chi connectivity index (χ3n) is 4.47. The maximum atomic E-state index is 12.4. The molecule has 0 aromatic carbocycles. The van der Waals surface area contributed by atoms with Gasteiger partial charge >= 0.3 is 0 Å². The molecule has 2 aliphatic heterocycles. The van der Waals surface area contributed by atoms with E-state index >= 15 is 0 Å². The Morgan fingerprint density at radius 2 is 2.27 bits per heavy atom. The summed E-state index contributed by atoms with van der Waals surface area (Å²) in [5.74, 6) is 0.781. The van der Waals surface area contributed by atoms with Crippen LogP contribution in [0.1, 0.15) is 19.8 Å². The molecule has 0 radical (unpaired) electrons. The molecule has 0 saturated carbocycles. The number of carbonyl (C=O) groups is 1. The Kier molecular flexibility index (Phi) is 5.04. The summed E-state index contributed by atoms with van der Waals surface area (Å²) >= 11 is 0. The summed E-state index contributed by atoms with van der Waals surface area (Å²) in [4.78, 5) is 20.7. The number of amides is 1. The lowest BCUT2D eigenvalue weighted by molar-refractivity contribution is -0.139. The van der Waals surface area contributed by atoms with Crippen molar-refractivity contribution >= 4 is 5.91 Å². The first-order valence-electron chi connectivity index (χ1n) is 8.15. The van der Waals surface area contributed by atoms with Crippen LogP contribution in [0.4, 0.5) is 0 Å². The highest BCUT2D eigenvalue weighted by atomic mass is 16.5. The molecule has 1 aromatic heterocycles. The lowest BCUT2D eigenvalue weighted by Gasteiger charge is -2.36. The molecule has 0 N–H and O–H groups in total. The fourth-order valence-electron chi connectivity index (χ4n) is 3.37. The van der Waals surface area contributed by atoms with E-state index in [-0.39, 0.29) is 12.0 Å². The summed E-state index contributed by atoms with van der Waals surface area (Å²) < 4.78 is 7.39. The summed E-state index contributed by atoms with van der Waals surface area (Å²) in [6.45, 7) is 7.51. The number of carbonyl (C=O) groups excluding carboxylic acids is 1. The van der Waals surface area contributed by atoms with Gasteiger partial charge in [-0.3, -0.25) is 14.4 Å². The molecular weight excluding hydrogens is 282 g/mol. The molecule has 3 rings (SSSR count). The molecule has 0 bridgehead atoms. The minimum atomic E-state index is 0.152. The normalized spacial score (nSPS) is 27.0. The zero-order chi connectivity index (χ0) is 15.4. The molecule has 3 heterocycles. The molecule has 22 heavy (non-hydrogen) atoms. The molecule has 2 saturated heterocycles. The maximum Gasteiger partial charge on any atom is 0.236 e. The van der Waals surface area contributed by atoms with E-state index in [2.05, 4.69) is 15.0 Å². The van der Waals surface area contributed by atoms with E-state index < -0.39 is 0 Å². The number of piperidine rings is 1. The van der Waals surface area contributed by atoms with Gasteiger partial charge in [-0.1, -0.05) is 0 Å². The van der Waals surface area contributed by atoms with E-state index in [1.807, 2.05) is 16.5 Å². The second kappa shape index (κ2) is 7.19. The number of aromatic nitrogens is 3. The fourth-order valence-corrected chi connectivity index (χ4v) is 3.37. The van der Waals surface area contributed by atoms with Crippen molar-refractivity contribution in [1.82, 2.24) is 24.6 Å². The van der Waals surface area contributed by atoms with Crippen LogP contribution in [-0.4, -0.2) is 75.9 Å². The van der Waals surface area contributed by atoms with Gasteiger partial charge in [0.2, 0.25) is 5.91 Å². The van der Waals surface area contributed by atoms with Gasteiger partial charge in [0.05, 0.1) is 19.3 Å². The van der Waals surface area contributed by atoms with Gasteiger partial charge < -0.3 is 9.64 Å². The summed E-state index contributed by atoms with van der Waals surface area (Å²) in [5.41, 5.74) is 0. The van der Waals surface area contributed by atoms with Gasteiger partial charge in [0, 0.05) is 26.2 Å². The molecule has 2 atom stereocenters. The van der Waals surface area contributed by atoms with Crippen molar-refractivity contribution in [3.05, 3.63) is 12.7 Å². The number of hydrogen-bond acceptors (Lipinski definition) is 5. The molecule has 7 nitrogen and oxygen atoms in total. The van der Waals surface area contributed by atoms with Crippen LogP contribution in [0.15, 0.2) is 12.7 Å².